The third-order valence-electron chi connectivity index (χ3n) is 2.58. The second-order valence-corrected chi connectivity index (χ2v) is 6.57. The maximum atomic E-state index is 12.7. The smallest absolute Gasteiger partial charge is 0.303 e. The molecule has 0 amide bonds. The highest BCUT2D eigenvalue weighted by atomic mass is 31.2. The first-order valence-electron chi connectivity index (χ1n) is 6.09. The SMILES string of the molecule is CCOP(=O)(CCCCC(=O)O)c1ccccc1. The van der Waals surface area contributed by atoms with Gasteiger partial charge in [-0.2, -0.15) is 0 Å². The molecule has 1 aromatic rings. The van der Waals surface area contributed by atoms with Gasteiger partial charge in [-0.25, -0.2) is 0 Å². The third kappa shape index (κ3) is 4.63. The van der Waals surface area contributed by atoms with Crippen molar-refractivity contribution >= 4 is 18.6 Å². The number of aliphatic carboxylic acids is 1. The highest BCUT2D eigenvalue weighted by molar-refractivity contribution is 7.67. The largest absolute Gasteiger partial charge is 0.481 e. The zero-order valence-electron chi connectivity index (χ0n) is 10.5. The van der Waals surface area contributed by atoms with Crippen LogP contribution in [0.3, 0.4) is 0 Å². The van der Waals surface area contributed by atoms with Crippen LogP contribution in [0.25, 0.3) is 0 Å². The van der Waals surface area contributed by atoms with E-state index < -0.39 is 13.3 Å². The van der Waals surface area contributed by atoms with Gasteiger partial charge >= 0.3 is 5.97 Å². The number of hydrogen-bond donors (Lipinski definition) is 1. The average molecular weight is 270 g/mol. The van der Waals surface area contributed by atoms with Crippen LogP contribution in [0.4, 0.5) is 0 Å². The maximum Gasteiger partial charge on any atom is 0.303 e. The zero-order valence-corrected chi connectivity index (χ0v) is 11.4. The van der Waals surface area contributed by atoms with Crippen LogP contribution in [-0.2, 0) is 13.9 Å². The van der Waals surface area contributed by atoms with Crippen LogP contribution >= 0.6 is 7.37 Å². The molecule has 0 spiro atoms. The minimum Gasteiger partial charge on any atom is -0.481 e. The molecule has 1 N–H and O–H groups in total. The van der Waals surface area contributed by atoms with E-state index in [1.807, 2.05) is 25.1 Å². The van der Waals surface area contributed by atoms with Crippen molar-refractivity contribution in [1.29, 1.82) is 0 Å². The maximum absolute atomic E-state index is 12.7. The Hall–Kier alpha value is -1.12. The Bertz CT molecular complexity index is 416. The minimum atomic E-state index is -2.82. The van der Waals surface area contributed by atoms with Crippen LogP contribution in [0.2, 0.25) is 0 Å². The van der Waals surface area contributed by atoms with Crippen molar-refractivity contribution in [2.75, 3.05) is 12.8 Å². The lowest BCUT2D eigenvalue weighted by molar-refractivity contribution is -0.137. The van der Waals surface area contributed by atoms with Gasteiger partial charge in [0.1, 0.15) is 0 Å². The molecule has 1 unspecified atom stereocenters. The monoisotopic (exact) mass is 270 g/mol. The van der Waals surface area contributed by atoms with Crippen molar-refractivity contribution in [2.24, 2.45) is 0 Å². The van der Waals surface area contributed by atoms with E-state index in [1.165, 1.54) is 0 Å². The van der Waals surface area contributed by atoms with Crippen molar-refractivity contribution in [3.63, 3.8) is 0 Å². The van der Waals surface area contributed by atoms with Crippen molar-refractivity contribution in [2.45, 2.75) is 26.2 Å². The van der Waals surface area contributed by atoms with Crippen molar-refractivity contribution < 1.29 is 19.0 Å². The summed E-state index contributed by atoms with van der Waals surface area (Å²) in [6, 6.07) is 9.13. The molecule has 4 nitrogen and oxygen atoms in total. The van der Waals surface area contributed by atoms with Crippen LogP contribution in [0.15, 0.2) is 30.3 Å². The lowest BCUT2D eigenvalue weighted by Crippen LogP contribution is -2.10. The minimum absolute atomic E-state index is 0.112. The highest BCUT2D eigenvalue weighted by Gasteiger charge is 2.24. The summed E-state index contributed by atoms with van der Waals surface area (Å²) in [5.74, 6) is -0.819. The van der Waals surface area contributed by atoms with Gasteiger partial charge in [-0.3, -0.25) is 9.36 Å². The summed E-state index contributed by atoms with van der Waals surface area (Å²) in [5.41, 5.74) is 0. The first-order chi connectivity index (χ1) is 8.58. The molecule has 0 saturated carbocycles. The van der Waals surface area contributed by atoms with Crippen molar-refractivity contribution in [3.05, 3.63) is 30.3 Å². The molecule has 0 fully saturated rings. The third-order valence-corrected chi connectivity index (χ3v) is 5.25. The zero-order chi connectivity index (χ0) is 13.4. The number of carboxylic acids is 1. The molecule has 0 heterocycles. The van der Waals surface area contributed by atoms with Gasteiger partial charge in [0, 0.05) is 17.9 Å². The van der Waals surface area contributed by atoms with E-state index in [-0.39, 0.29) is 6.42 Å². The van der Waals surface area contributed by atoms with E-state index in [4.69, 9.17) is 9.63 Å². The van der Waals surface area contributed by atoms with E-state index in [0.717, 1.165) is 0 Å². The highest BCUT2D eigenvalue weighted by Crippen LogP contribution is 2.46. The van der Waals surface area contributed by atoms with Gasteiger partial charge in [-0.05, 0) is 31.9 Å². The van der Waals surface area contributed by atoms with E-state index in [0.29, 0.717) is 30.9 Å². The molecule has 0 aliphatic heterocycles. The Labute approximate surface area is 107 Å². The Kier molecular flexibility index (Phi) is 6.10. The summed E-state index contributed by atoms with van der Waals surface area (Å²) >= 11 is 0. The molecule has 5 heteroatoms. The van der Waals surface area contributed by atoms with Gasteiger partial charge in [0.15, 0.2) is 0 Å². The summed E-state index contributed by atoms with van der Waals surface area (Å²) < 4.78 is 18.1. The van der Waals surface area contributed by atoms with Crippen LogP contribution in [0, 0.1) is 0 Å². The van der Waals surface area contributed by atoms with Gasteiger partial charge in [-0.15, -0.1) is 0 Å². The number of benzene rings is 1. The second kappa shape index (κ2) is 7.34. The second-order valence-electron chi connectivity index (χ2n) is 4.00. The van der Waals surface area contributed by atoms with Gasteiger partial charge < -0.3 is 9.63 Å². The lowest BCUT2D eigenvalue weighted by atomic mass is 10.2. The van der Waals surface area contributed by atoms with Crippen molar-refractivity contribution in [3.8, 4) is 0 Å². The van der Waals surface area contributed by atoms with Gasteiger partial charge in [0.25, 0.3) is 0 Å². The Morgan fingerprint density at radius 1 is 1.28 bits per heavy atom. The molecule has 1 aromatic carbocycles. The molecule has 0 saturated heterocycles. The molecule has 0 aromatic heterocycles. The number of carbonyl (C=O) groups is 1. The standard InChI is InChI=1S/C13H19O4P/c1-2-17-18(16,11-7-6-10-13(14)15)12-8-4-3-5-9-12/h3-5,8-9H,2,6-7,10-11H2,1H3,(H,14,15). The summed E-state index contributed by atoms with van der Waals surface area (Å²) in [6.45, 7) is 2.21. The molecule has 1 atom stereocenters. The molecule has 0 aliphatic carbocycles. The molecule has 100 valence electrons. The molecule has 0 radical (unpaired) electrons. The fourth-order valence-electron chi connectivity index (χ4n) is 1.73. The van der Waals surface area contributed by atoms with Crippen LogP contribution in [0.5, 0.6) is 0 Å². The average Bonchev–Trinajstić information content (AvgIpc) is 2.36. The van der Waals surface area contributed by atoms with Crippen molar-refractivity contribution in [1.82, 2.24) is 0 Å². The van der Waals surface area contributed by atoms with Crippen LogP contribution < -0.4 is 5.30 Å². The summed E-state index contributed by atoms with van der Waals surface area (Å²) in [4.78, 5) is 10.4. The molecular weight excluding hydrogens is 251 g/mol. The summed E-state index contributed by atoms with van der Waals surface area (Å²) in [6.07, 6.45) is 1.64. The number of rotatable bonds is 8. The summed E-state index contributed by atoms with van der Waals surface area (Å²) in [7, 11) is -2.82. The molecule has 1 rings (SSSR count). The number of carboxylic acid groups (broad SMARTS) is 1. The Morgan fingerprint density at radius 2 is 1.94 bits per heavy atom. The van der Waals surface area contributed by atoms with E-state index >= 15 is 0 Å². The molecule has 18 heavy (non-hydrogen) atoms. The molecular formula is C13H19O4P. The first kappa shape index (κ1) is 14.9. The predicted molar refractivity (Wildman–Crippen MR) is 71.7 cm³/mol. The van der Waals surface area contributed by atoms with E-state index in [9.17, 15) is 9.36 Å². The van der Waals surface area contributed by atoms with Crippen LogP contribution in [0.1, 0.15) is 26.2 Å². The topological polar surface area (TPSA) is 63.6 Å². The first-order valence-corrected chi connectivity index (χ1v) is 7.90. The van der Waals surface area contributed by atoms with Crippen LogP contribution in [-0.4, -0.2) is 23.8 Å². The Morgan fingerprint density at radius 3 is 2.50 bits per heavy atom. The number of unbranched alkanes of at least 4 members (excludes halogenated alkanes) is 1. The quantitative estimate of drug-likeness (QED) is 0.582. The lowest BCUT2D eigenvalue weighted by Gasteiger charge is -2.17. The van der Waals surface area contributed by atoms with E-state index in [2.05, 4.69) is 0 Å². The van der Waals surface area contributed by atoms with E-state index in [1.54, 1.807) is 12.1 Å². The number of hydrogen-bond acceptors (Lipinski definition) is 3. The molecule has 0 aliphatic rings. The van der Waals surface area contributed by atoms with Gasteiger partial charge in [-0.1, -0.05) is 18.2 Å². The normalized spacial score (nSPS) is 14.1. The predicted octanol–water partition coefficient (Wildman–Crippen LogP) is 2.88. The van der Waals surface area contributed by atoms with Gasteiger partial charge in [0.05, 0.1) is 6.61 Å². The van der Waals surface area contributed by atoms with Gasteiger partial charge in [0.2, 0.25) is 7.37 Å². The molecule has 0 bridgehead atoms. The fraction of sp³-hybridized carbons (Fsp3) is 0.462. The fourth-order valence-corrected chi connectivity index (χ4v) is 3.95. The Balaban J connectivity index is 2.64. The summed E-state index contributed by atoms with van der Waals surface area (Å²) in [5, 5.41) is 9.27.